The van der Waals surface area contributed by atoms with Gasteiger partial charge in [0.15, 0.2) is 0 Å². The number of hydrogen-bond acceptors (Lipinski definition) is 0. The van der Waals surface area contributed by atoms with Gasteiger partial charge in [-0.05, 0) is 11.6 Å². The quantitative estimate of drug-likeness (QED) is 0.558. The van der Waals surface area contributed by atoms with Crippen molar-refractivity contribution in [1.29, 1.82) is 0 Å². The van der Waals surface area contributed by atoms with Crippen LogP contribution in [-0.4, -0.2) is 9.90 Å². The van der Waals surface area contributed by atoms with Crippen LogP contribution in [0.3, 0.4) is 0 Å². The molecule has 0 aliphatic heterocycles. The maximum Gasteiger partial charge on any atom is 0.381 e. The third-order valence-corrected chi connectivity index (χ3v) is 1.26. The Hall–Kier alpha value is 0.690. The molecule has 0 saturated carbocycles. The molecule has 8 heavy (non-hydrogen) atoms. The van der Waals surface area contributed by atoms with E-state index in [0.717, 1.165) is 0 Å². The van der Waals surface area contributed by atoms with Gasteiger partial charge in [0.2, 0.25) is 0 Å². The fourth-order valence-electron chi connectivity index (χ4n) is 0. The first-order chi connectivity index (χ1) is 3.25. The Morgan fingerprint density at radius 1 is 1.12 bits per heavy atom. The second kappa shape index (κ2) is 2.14. The molecule has 0 saturated heterocycles. The molecule has 0 unspecified atom stereocenters. The van der Waals surface area contributed by atoms with Gasteiger partial charge < -0.3 is 0 Å². The Morgan fingerprint density at radius 2 is 1.25 bits per heavy atom. The van der Waals surface area contributed by atoms with E-state index in [1.54, 1.807) is 0 Å². The van der Waals surface area contributed by atoms with E-state index in [0.29, 0.717) is 0 Å². The zero-order valence-electron chi connectivity index (χ0n) is 3.30. The second-order valence-corrected chi connectivity index (χ2v) is 2.75. The predicted molar refractivity (Wildman–Crippen MR) is 25.9 cm³/mol. The molecule has 0 aromatic carbocycles. The van der Waals surface area contributed by atoms with Gasteiger partial charge in [-0.15, -0.1) is 0 Å². The summed E-state index contributed by atoms with van der Waals surface area (Å²) in [4.78, 5) is 0. The van der Waals surface area contributed by atoms with Crippen LogP contribution in [0.2, 0.25) is 0 Å². The van der Waals surface area contributed by atoms with Crippen molar-refractivity contribution in [3.05, 3.63) is 0 Å². The summed E-state index contributed by atoms with van der Waals surface area (Å²) in [6.07, 6.45) is 0. The fraction of sp³-hybridized carbons (Fsp3) is 1.00. The average Bonchev–Trinajstić information content (AvgIpc) is 1.25. The molecule has 0 aromatic heterocycles. The van der Waals surface area contributed by atoms with Crippen molar-refractivity contribution in [3.63, 3.8) is 0 Å². The van der Waals surface area contributed by atoms with Crippen molar-refractivity contribution >= 4 is 34.8 Å². The summed E-state index contributed by atoms with van der Waals surface area (Å²) in [6, 6.07) is 0. The molecule has 0 fully saturated rings. The molecule has 0 heterocycles. The zero-order chi connectivity index (χ0) is 7.00. The van der Waals surface area contributed by atoms with Gasteiger partial charge >= 0.3 is 9.90 Å². The molecule has 0 aromatic rings. The van der Waals surface area contributed by atoms with Crippen LogP contribution >= 0.6 is 34.8 Å². The van der Waals surface area contributed by atoms with E-state index in [2.05, 4.69) is 34.8 Å². The number of hydrogen-bond donors (Lipinski definition) is 0. The lowest BCUT2D eigenvalue weighted by atomic mass is 10.7. The Morgan fingerprint density at radius 3 is 1.25 bits per heavy atom. The minimum absolute atomic E-state index is 3.44. The van der Waals surface area contributed by atoms with Crippen LogP contribution in [0.5, 0.6) is 0 Å². The SMILES string of the molecule is [O]C(Cl)(Cl)C(F)(F)Cl. The fourth-order valence-corrected chi connectivity index (χ4v) is 0. The maximum atomic E-state index is 11.4. The van der Waals surface area contributed by atoms with E-state index in [-0.39, 0.29) is 0 Å². The van der Waals surface area contributed by atoms with Crippen LogP contribution in [-0.2, 0) is 5.11 Å². The largest absolute Gasteiger partial charge is 0.381 e. The Balaban J connectivity index is 4.02. The third-order valence-electron chi connectivity index (χ3n) is 0.330. The molecular weight excluding hydrogens is 184 g/mol. The predicted octanol–water partition coefficient (Wildman–Crippen LogP) is 2.38. The summed E-state index contributed by atoms with van der Waals surface area (Å²) in [5.74, 6) is 0. The van der Waals surface area contributed by atoms with Crippen LogP contribution in [0.25, 0.3) is 0 Å². The summed E-state index contributed by atoms with van der Waals surface area (Å²) >= 11 is 12.8. The number of alkyl halides is 5. The van der Waals surface area contributed by atoms with Crippen LogP contribution in [0.4, 0.5) is 8.78 Å². The molecule has 0 N–H and O–H groups in total. The molecule has 0 spiro atoms. The molecule has 0 bridgehead atoms. The molecule has 0 rings (SSSR count). The Bertz CT molecular complexity index is 70.3. The van der Waals surface area contributed by atoms with Gasteiger partial charge in [-0.1, -0.05) is 23.2 Å². The number of rotatable bonds is 1. The van der Waals surface area contributed by atoms with Crippen molar-refractivity contribution in [2.24, 2.45) is 0 Å². The van der Waals surface area contributed by atoms with E-state index in [9.17, 15) is 13.9 Å². The summed E-state index contributed by atoms with van der Waals surface area (Å²) in [6.45, 7) is 0. The van der Waals surface area contributed by atoms with E-state index < -0.39 is 9.90 Å². The molecule has 0 atom stereocenters. The van der Waals surface area contributed by atoms with Gasteiger partial charge in [0.25, 0.3) is 0 Å². The molecular formula is C2Cl3F2O. The molecule has 49 valence electrons. The lowest BCUT2D eigenvalue weighted by Crippen LogP contribution is -2.30. The zero-order valence-corrected chi connectivity index (χ0v) is 5.57. The van der Waals surface area contributed by atoms with Crippen molar-refractivity contribution in [3.8, 4) is 0 Å². The summed E-state index contributed by atoms with van der Waals surface area (Å²) in [5.41, 5.74) is 0. The van der Waals surface area contributed by atoms with Gasteiger partial charge in [-0.3, -0.25) is 0 Å². The molecule has 0 amide bonds. The monoisotopic (exact) mass is 183 g/mol. The van der Waals surface area contributed by atoms with Gasteiger partial charge in [0, 0.05) is 0 Å². The minimum Gasteiger partial charge on any atom is -0.185 e. The first-order valence-electron chi connectivity index (χ1n) is 1.40. The Labute approximate surface area is 59.1 Å². The van der Waals surface area contributed by atoms with Crippen molar-refractivity contribution < 1.29 is 13.9 Å². The average molecular weight is 184 g/mol. The van der Waals surface area contributed by atoms with E-state index in [4.69, 9.17) is 0 Å². The normalized spacial score (nSPS) is 14.2. The van der Waals surface area contributed by atoms with Crippen molar-refractivity contribution in [2.45, 2.75) is 9.90 Å². The minimum atomic E-state index is -4.11. The molecule has 0 aliphatic rings. The highest BCUT2D eigenvalue weighted by Gasteiger charge is 2.50. The molecule has 1 radical (unpaired) electrons. The van der Waals surface area contributed by atoms with Gasteiger partial charge in [-0.25, -0.2) is 0 Å². The highest BCUT2D eigenvalue weighted by molar-refractivity contribution is 6.51. The number of halogens is 5. The molecule has 6 heteroatoms. The smallest absolute Gasteiger partial charge is 0.185 e. The van der Waals surface area contributed by atoms with Gasteiger partial charge in [0.05, 0.1) is 0 Å². The lowest BCUT2D eigenvalue weighted by molar-refractivity contribution is -0.0569. The maximum absolute atomic E-state index is 11.4. The van der Waals surface area contributed by atoms with Crippen LogP contribution < -0.4 is 0 Å². The standard InChI is InChI=1S/C2Cl3F2O/c3-1(4,8)2(5,6)7. The second-order valence-electron chi connectivity index (χ2n) is 1.01. The summed E-state index contributed by atoms with van der Waals surface area (Å²) < 4.78 is 19.4. The van der Waals surface area contributed by atoms with Crippen LogP contribution in [0.1, 0.15) is 0 Å². The molecule has 0 aliphatic carbocycles. The van der Waals surface area contributed by atoms with Crippen LogP contribution in [0, 0.1) is 0 Å². The first kappa shape index (κ1) is 8.69. The van der Waals surface area contributed by atoms with E-state index in [1.807, 2.05) is 0 Å². The van der Waals surface area contributed by atoms with E-state index >= 15 is 0 Å². The first-order valence-corrected chi connectivity index (χ1v) is 2.53. The Kier molecular flexibility index (Phi) is 2.32. The highest BCUT2D eigenvalue weighted by atomic mass is 35.5. The lowest BCUT2D eigenvalue weighted by Gasteiger charge is -2.13. The summed E-state index contributed by atoms with van der Waals surface area (Å²) in [5, 5.41) is 5.66. The van der Waals surface area contributed by atoms with Gasteiger partial charge in [0.1, 0.15) is 0 Å². The topological polar surface area (TPSA) is 19.9 Å². The molecule has 1 nitrogen and oxygen atoms in total. The van der Waals surface area contributed by atoms with Crippen LogP contribution in [0.15, 0.2) is 0 Å². The summed E-state index contributed by atoms with van der Waals surface area (Å²) in [7, 11) is 0. The van der Waals surface area contributed by atoms with E-state index in [1.165, 1.54) is 0 Å². The van der Waals surface area contributed by atoms with Crippen molar-refractivity contribution in [1.82, 2.24) is 0 Å². The highest BCUT2D eigenvalue weighted by Crippen LogP contribution is 2.39. The van der Waals surface area contributed by atoms with Gasteiger partial charge in [-0.2, -0.15) is 13.9 Å². The van der Waals surface area contributed by atoms with Crippen molar-refractivity contribution in [2.75, 3.05) is 0 Å². The third kappa shape index (κ3) is 2.31.